The Morgan fingerprint density at radius 2 is 1.86 bits per heavy atom. The largest absolute Gasteiger partial charge is 0.394 e. The molecule has 0 bridgehead atoms. The van der Waals surface area contributed by atoms with Crippen molar-refractivity contribution in [2.45, 2.75) is 10.9 Å². The quantitative estimate of drug-likeness (QED) is 0.748. The van der Waals surface area contributed by atoms with E-state index in [2.05, 4.69) is 0 Å². The van der Waals surface area contributed by atoms with Crippen LogP contribution in [0.4, 0.5) is 0 Å². The molecule has 14 heavy (non-hydrogen) atoms. The normalized spacial score (nSPS) is 13.9. The fraction of sp³-hybridized carbons (Fsp3) is 0.333. The minimum Gasteiger partial charge on any atom is -0.394 e. The molecule has 1 aromatic carbocycles. The van der Waals surface area contributed by atoms with Gasteiger partial charge in [0.05, 0.1) is 17.5 Å². The van der Waals surface area contributed by atoms with Crippen LogP contribution in [0.2, 0.25) is 0 Å². The van der Waals surface area contributed by atoms with E-state index < -0.39 is 15.9 Å². The Labute approximate surface area is 83.3 Å². The van der Waals surface area contributed by atoms with Crippen molar-refractivity contribution >= 4 is 9.84 Å². The van der Waals surface area contributed by atoms with Crippen LogP contribution < -0.4 is 5.73 Å². The Bertz CT molecular complexity index is 397. The first-order valence-electron chi connectivity index (χ1n) is 4.11. The summed E-state index contributed by atoms with van der Waals surface area (Å²) in [5.74, 6) is 0. The Hall–Kier alpha value is -0.910. The van der Waals surface area contributed by atoms with Gasteiger partial charge in [-0.15, -0.1) is 0 Å². The van der Waals surface area contributed by atoms with Gasteiger partial charge in [0.15, 0.2) is 9.84 Å². The van der Waals surface area contributed by atoms with Crippen LogP contribution in [0.1, 0.15) is 11.6 Å². The topological polar surface area (TPSA) is 80.4 Å². The Balaban J connectivity index is 3.01. The van der Waals surface area contributed by atoms with Crippen molar-refractivity contribution in [3.05, 3.63) is 29.8 Å². The van der Waals surface area contributed by atoms with Crippen molar-refractivity contribution < 1.29 is 13.5 Å². The second-order valence-electron chi connectivity index (χ2n) is 3.13. The monoisotopic (exact) mass is 215 g/mol. The first-order chi connectivity index (χ1) is 6.45. The van der Waals surface area contributed by atoms with Gasteiger partial charge in [-0.25, -0.2) is 8.42 Å². The van der Waals surface area contributed by atoms with E-state index in [1.165, 1.54) is 12.1 Å². The number of rotatable bonds is 3. The molecule has 0 saturated heterocycles. The van der Waals surface area contributed by atoms with Gasteiger partial charge in [0.1, 0.15) is 0 Å². The number of aliphatic hydroxyl groups excluding tert-OH is 1. The highest BCUT2D eigenvalue weighted by molar-refractivity contribution is 7.90. The molecule has 1 rings (SSSR count). The van der Waals surface area contributed by atoms with E-state index in [-0.39, 0.29) is 11.5 Å². The lowest BCUT2D eigenvalue weighted by molar-refractivity contribution is 0.268. The van der Waals surface area contributed by atoms with Gasteiger partial charge in [-0.2, -0.15) is 0 Å². The highest BCUT2D eigenvalue weighted by Crippen LogP contribution is 2.14. The molecule has 1 unspecified atom stereocenters. The molecule has 1 aromatic rings. The van der Waals surface area contributed by atoms with Crippen molar-refractivity contribution in [1.82, 2.24) is 0 Å². The Morgan fingerprint density at radius 3 is 2.21 bits per heavy atom. The average Bonchev–Trinajstić information content (AvgIpc) is 2.15. The van der Waals surface area contributed by atoms with E-state index in [1.807, 2.05) is 0 Å². The lowest BCUT2D eigenvalue weighted by Gasteiger charge is -2.08. The molecule has 0 aliphatic rings. The molecular weight excluding hydrogens is 202 g/mol. The van der Waals surface area contributed by atoms with Crippen molar-refractivity contribution in [3.8, 4) is 0 Å². The van der Waals surface area contributed by atoms with Crippen LogP contribution in [0.3, 0.4) is 0 Å². The van der Waals surface area contributed by atoms with Gasteiger partial charge >= 0.3 is 0 Å². The van der Waals surface area contributed by atoms with Gasteiger partial charge in [-0.3, -0.25) is 0 Å². The van der Waals surface area contributed by atoms with E-state index in [1.54, 1.807) is 12.1 Å². The van der Waals surface area contributed by atoms with Crippen LogP contribution in [-0.4, -0.2) is 26.4 Å². The molecule has 0 spiro atoms. The fourth-order valence-corrected chi connectivity index (χ4v) is 1.70. The summed E-state index contributed by atoms with van der Waals surface area (Å²) < 4.78 is 22.2. The summed E-state index contributed by atoms with van der Waals surface area (Å²) in [6.07, 6.45) is 1.15. The Kier molecular flexibility index (Phi) is 3.25. The van der Waals surface area contributed by atoms with Crippen LogP contribution in [0.5, 0.6) is 0 Å². The minimum atomic E-state index is -3.16. The minimum absolute atomic E-state index is 0.155. The number of sulfone groups is 1. The maximum atomic E-state index is 11.1. The van der Waals surface area contributed by atoms with E-state index in [4.69, 9.17) is 10.8 Å². The third-order valence-electron chi connectivity index (χ3n) is 1.93. The predicted octanol–water partition coefficient (Wildman–Crippen LogP) is 0.0822. The number of hydrogen-bond donors (Lipinski definition) is 2. The van der Waals surface area contributed by atoms with Crippen molar-refractivity contribution in [1.29, 1.82) is 0 Å². The zero-order chi connectivity index (χ0) is 10.8. The molecule has 0 heterocycles. The zero-order valence-corrected chi connectivity index (χ0v) is 8.66. The lowest BCUT2D eigenvalue weighted by atomic mass is 10.1. The molecule has 0 saturated carbocycles. The van der Waals surface area contributed by atoms with Gasteiger partial charge in [0.2, 0.25) is 0 Å². The van der Waals surface area contributed by atoms with Crippen molar-refractivity contribution in [3.63, 3.8) is 0 Å². The first kappa shape index (κ1) is 11.2. The molecule has 0 aliphatic heterocycles. The molecule has 0 amide bonds. The van der Waals surface area contributed by atoms with E-state index in [9.17, 15) is 8.42 Å². The van der Waals surface area contributed by atoms with Gasteiger partial charge in [-0.1, -0.05) is 12.1 Å². The van der Waals surface area contributed by atoms with Gasteiger partial charge in [-0.05, 0) is 17.7 Å². The van der Waals surface area contributed by atoms with E-state index in [0.717, 1.165) is 11.8 Å². The number of nitrogens with two attached hydrogens (primary N) is 1. The highest BCUT2D eigenvalue weighted by atomic mass is 32.2. The van der Waals surface area contributed by atoms with Crippen molar-refractivity contribution in [2.75, 3.05) is 12.9 Å². The second-order valence-corrected chi connectivity index (χ2v) is 5.15. The van der Waals surface area contributed by atoms with E-state index >= 15 is 0 Å². The van der Waals surface area contributed by atoms with Crippen LogP contribution >= 0.6 is 0 Å². The molecule has 0 fully saturated rings. The molecule has 1 atom stereocenters. The smallest absolute Gasteiger partial charge is 0.175 e. The number of benzene rings is 1. The molecule has 78 valence electrons. The van der Waals surface area contributed by atoms with Crippen LogP contribution in [0, 0.1) is 0 Å². The second kappa shape index (κ2) is 4.08. The first-order valence-corrected chi connectivity index (χ1v) is 6.00. The zero-order valence-electron chi connectivity index (χ0n) is 7.84. The van der Waals surface area contributed by atoms with Gasteiger partial charge < -0.3 is 10.8 Å². The maximum absolute atomic E-state index is 11.1. The summed E-state index contributed by atoms with van der Waals surface area (Å²) in [6, 6.07) is 5.73. The summed E-state index contributed by atoms with van der Waals surface area (Å²) in [5, 5.41) is 8.77. The summed E-state index contributed by atoms with van der Waals surface area (Å²) in [6.45, 7) is -0.155. The molecule has 0 aromatic heterocycles. The molecule has 0 aliphatic carbocycles. The Morgan fingerprint density at radius 1 is 1.36 bits per heavy atom. The van der Waals surface area contributed by atoms with Crippen molar-refractivity contribution in [2.24, 2.45) is 5.73 Å². The van der Waals surface area contributed by atoms with Crippen LogP contribution in [-0.2, 0) is 9.84 Å². The standard InChI is InChI=1S/C9H13NO3S/c1-14(12,13)8-4-2-7(3-5-8)9(10)6-11/h2-5,9,11H,6,10H2,1H3. The molecule has 5 heteroatoms. The van der Waals surface area contributed by atoms with E-state index in [0.29, 0.717) is 0 Å². The maximum Gasteiger partial charge on any atom is 0.175 e. The molecule has 3 N–H and O–H groups in total. The summed E-state index contributed by atoms with van der Waals surface area (Å²) in [5.41, 5.74) is 6.28. The molecule has 4 nitrogen and oxygen atoms in total. The SMILES string of the molecule is CS(=O)(=O)c1ccc(C(N)CO)cc1. The summed E-state index contributed by atoms with van der Waals surface area (Å²) >= 11 is 0. The fourth-order valence-electron chi connectivity index (χ4n) is 1.07. The van der Waals surface area contributed by atoms with Crippen LogP contribution in [0.15, 0.2) is 29.2 Å². The predicted molar refractivity (Wildman–Crippen MR) is 53.6 cm³/mol. The third-order valence-corrected chi connectivity index (χ3v) is 3.06. The average molecular weight is 215 g/mol. The summed E-state index contributed by atoms with van der Waals surface area (Å²) in [4.78, 5) is 0.256. The summed E-state index contributed by atoms with van der Waals surface area (Å²) in [7, 11) is -3.16. The number of hydrogen-bond acceptors (Lipinski definition) is 4. The highest BCUT2D eigenvalue weighted by Gasteiger charge is 2.08. The van der Waals surface area contributed by atoms with Crippen LogP contribution in [0.25, 0.3) is 0 Å². The molecular formula is C9H13NO3S. The lowest BCUT2D eigenvalue weighted by Crippen LogP contribution is -2.14. The van der Waals surface area contributed by atoms with Gasteiger partial charge in [0.25, 0.3) is 0 Å². The third kappa shape index (κ3) is 2.54. The molecule has 0 radical (unpaired) electrons. The van der Waals surface area contributed by atoms with Gasteiger partial charge in [0, 0.05) is 6.26 Å². The number of aliphatic hydroxyl groups is 1.